The van der Waals surface area contributed by atoms with E-state index in [-0.39, 0.29) is 5.91 Å². The first-order valence-electron chi connectivity index (χ1n) is 9.77. The molecule has 0 aliphatic heterocycles. The molecule has 0 saturated carbocycles. The number of carbonyl (C=O) groups is 1. The van der Waals surface area contributed by atoms with Crippen LogP contribution in [-0.4, -0.2) is 29.8 Å². The number of nitrogens with one attached hydrogen (secondary N) is 1. The van der Waals surface area contributed by atoms with Gasteiger partial charge in [-0.3, -0.25) is 10.1 Å². The van der Waals surface area contributed by atoms with Crippen molar-refractivity contribution in [2.75, 3.05) is 19.0 Å². The van der Waals surface area contributed by atoms with Crippen molar-refractivity contribution in [3.63, 3.8) is 0 Å². The Morgan fingerprint density at radius 1 is 1.19 bits per heavy atom. The second kappa shape index (κ2) is 10.9. The van der Waals surface area contributed by atoms with Crippen LogP contribution in [0.3, 0.4) is 0 Å². The van der Waals surface area contributed by atoms with Crippen LogP contribution in [0.15, 0.2) is 48.5 Å². The molecule has 1 N–H and O–H groups in total. The molecule has 0 unspecified atom stereocenters. The van der Waals surface area contributed by atoms with E-state index < -0.39 is 0 Å². The van der Waals surface area contributed by atoms with E-state index >= 15 is 0 Å². The summed E-state index contributed by atoms with van der Waals surface area (Å²) in [6.45, 7) is 2.72. The highest BCUT2D eigenvalue weighted by atomic mass is 32.1. The van der Waals surface area contributed by atoms with E-state index in [0.717, 1.165) is 29.7 Å². The first kappa shape index (κ1) is 22.0. The maximum Gasteiger partial charge on any atom is 0.257 e. The Labute approximate surface area is 185 Å². The van der Waals surface area contributed by atoms with E-state index in [0.29, 0.717) is 39.4 Å². The van der Waals surface area contributed by atoms with E-state index in [1.165, 1.54) is 0 Å². The SMILES string of the molecule is CCCCOc1ccc(C=C(C#N)c2nnc(NC(=O)c3ccccc3)s2)cc1OC. The van der Waals surface area contributed by atoms with Crippen molar-refractivity contribution in [3.05, 3.63) is 64.7 Å². The number of ether oxygens (including phenoxy) is 2. The Hall–Kier alpha value is -3.70. The fourth-order valence-electron chi connectivity index (χ4n) is 2.67. The van der Waals surface area contributed by atoms with Crippen molar-refractivity contribution in [1.29, 1.82) is 5.26 Å². The standard InChI is InChI=1S/C23H22N4O3S/c1-3-4-12-30-19-11-10-16(14-20(19)29-2)13-18(15-24)22-26-27-23(31-22)25-21(28)17-8-6-5-7-9-17/h5-11,13-14H,3-4,12H2,1-2H3,(H,25,27,28). The summed E-state index contributed by atoms with van der Waals surface area (Å²) in [6, 6.07) is 16.4. The Kier molecular flexibility index (Phi) is 7.73. The van der Waals surface area contributed by atoms with Gasteiger partial charge in [0.2, 0.25) is 5.13 Å². The molecule has 3 aromatic rings. The average molecular weight is 435 g/mol. The van der Waals surface area contributed by atoms with Gasteiger partial charge < -0.3 is 9.47 Å². The first-order chi connectivity index (χ1) is 15.1. The van der Waals surface area contributed by atoms with Gasteiger partial charge in [-0.15, -0.1) is 10.2 Å². The van der Waals surface area contributed by atoms with E-state index in [1.54, 1.807) is 43.5 Å². The molecule has 1 heterocycles. The zero-order chi connectivity index (χ0) is 22.1. The molecule has 1 amide bonds. The number of rotatable bonds is 9. The number of nitrogens with zero attached hydrogens (tertiary/aromatic N) is 3. The predicted octanol–water partition coefficient (Wildman–Crippen LogP) is 5.04. The highest BCUT2D eigenvalue weighted by molar-refractivity contribution is 7.16. The van der Waals surface area contributed by atoms with Gasteiger partial charge >= 0.3 is 0 Å². The molecule has 158 valence electrons. The summed E-state index contributed by atoms with van der Waals surface area (Å²) < 4.78 is 11.2. The third kappa shape index (κ3) is 5.90. The summed E-state index contributed by atoms with van der Waals surface area (Å²) in [5, 5.41) is 21.1. The minimum atomic E-state index is -0.283. The summed E-state index contributed by atoms with van der Waals surface area (Å²) in [7, 11) is 1.58. The second-order valence-electron chi connectivity index (χ2n) is 6.51. The Bertz CT molecular complexity index is 1100. The van der Waals surface area contributed by atoms with Gasteiger partial charge in [0.15, 0.2) is 16.5 Å². The van der Waals surface area contributed by atoms with Crippen LogP contribution in [0.5, 0.6) is 11.5 Å². The topological polar surface area (TPSA) is 97.1 Å². The molecule has 8 heteroatoms. The first-order valence-corrected chi connectivity index (χ1v) is 10.6. The summed E-state index contributed by atoms with van der Waals surface area (Å²) in [4.78, 5) is 12.3. The summed E-state index contributed by atoms with van der Waals surface area (Å²) >= 11 is 1.13. The molecule has 0 spiro atoms. The minimum absolute atomic E-state index is 0.283. The minimum Gasteiger partial charge on any atom is -0.493 e. The number of anilines is 1. The van der Waals surface area contributed by atoms with Gasteiger partial charge in [0.1, 0.15) is 6.07 Å². The zero-order valence-electron chi connectivity index (χ0n) is 17.3. The molecule has 0 saturated heterocycles. The normalized spacial score (nSPS) is 10.9. The van der Waals surface area contributed by atoms with Gasteiger partial charge in [0.25, 0.3) is 5.91 Å². The summed E-state index contributed by atoms with van der Waals surface area (Å²) in [5.74, 6) is 0.970. The maximum atomic E-state index is 12.3. The second-order valence-corrected chi connectivity index (χ2v) is 7.49. The third-order valence-electron chi connectivity index (χ3n) is 4.29. The number of aromatic nitrogens is 2. The van der Waals surface area contributed by atoms with Gasteiger partial charge in [-0.25, -0.2) is 0 Å². The summed E-state index contributed by atoms with van der Waals surface area (Å²) in [6.07, 6.45) is 3.70. The van der Waals surface area contributed by atoms with E-state index in [1.807, 2.05) is 18.2 Å². The van der Waals surface area contributed by atoms with Crippen LogP contribution in [0.2, 0.25) is 0 Å². The van der Waals surface area contributed by atoms with Crippen LogP contribution >= 0.6 is 11.3 Å². The number of amides is 1. The average Bonchev–Trinajstić information content (AvgIpc) is 3.27. The van der Waals surface area contributed by atoms with E-state index in [9.17, 15) is 10.1 Å². The van der Waals surface area contributed by atoms with Crippen LogP contribution in [-0.2, 0) is 0 Å². The molecule has 0 atom stereocenters. The lowest BCUT2D eigenvalue weighted by Gasteiger charge is -2.11. The molecular weight excluding hydrogens is 412 g/mol. The molecule has 0 fully saturated rings. The third-order valence-corrected chi connectivity index (χ3v) is 5.16. The molecule has 1 aromatic heterocycles. The van der Waals surface area contributed by atoms with Gasteiger partial charge in [-0.2, -0.15) is 5.26 Å². The lowest BCUT2D eigenvalue weighted by Crippen LogP contribution is -2.11. The molecule has 31 heavy (non-hydrogen) atoms. The maximum absolute atomic E-state index is 12.3. The highest BCUT2D eigenvalue weighted by Gasteiger charge is 2.13. The largest absolute Gasteiger partial charge is 0.493 e. The number of hydrogen-bond acceptors (Lipinski definition) is 7. The molecule has 7 nitrogen and oxygen atoms in total. The van der Waals surface area contributed by atoms with Crippen LogP contribution < -0.4 is 14.8 Å². The molecule has 2 aromatic carbocycles. The van der Waals surface area contributed by atoms with Crippen LogP contribution in [0.4, 0.5) is 5.13 Å². The quantitative estimate of drug-likeness (QED) is 0.374. The van der Waals surface area contributed by atoms with Crippen molar-refractivity contribution in [2.24, 2.45) is 0 Å². The fourth-order valence-corrected chi connectivity index (χ4v) is 3.37. The number of nitriles is 1. The Morgan fingerprint density at radius 3 is 2.71 bits per heavy atom. The number of carbonyl (C=O) groups excluding carboxylic acids is 1. The molecular formula is C23H22N4O3S. The van der Waals surface area contributed by atoms with E-state index in [4.69, 9.17) is 9.47 Å². The molecule has 0 aliphatic carbocycles. The Morgan fingerprint density at radius 2 is 2.00 bits per heavy atom. The fraction of sp³-hybridized carbons (Fsp3) is 0.217. The number of unbranched alkanes of at least 4 members (excludes halogenated alkanes) is 1. The molecule has 3 rings (SSSR count). The van der Waals surface area contributed by atoms with Crippen LogP contribution in [0.1, 0.15) is 40.7 Å². The highest BCUT2D eigenvalue weighted by Crippen LogP contribution is 2.31. The van der Waals surface area contributed by atoms with Crippen molar-refractivity contribution < 1.29 is 14.3 Å². The monoisotopic (exact) mass is 434 g/mol. The number of methoxy groups -OCH3 is 1. The smallest absolute Gasteiger partial charge is 0.257 e. The summed E-state index contributed by atoms with van der Waals surface area (Å²) in [5.41, 5.74) is 1.62. The predicted molar refractivity (Wildman–Crippen MR) is 121 cm³/mol. The molecule has 0 bridgehead atoms. The van der Waals surface area contributed by atoms with Crippen LogP contribution in [0, 0.1) is 11.3 Å². The van der Waals surface area contributed by atoms with E-state index in [2.05, 4.69) is 28.5 Å². The number of benzene rings is 2. The van der Waals surface area contributed by atoms with Crippen molar-refractivity contribution in [1.82, 2.24) is 10.2 Å². The van der Waals surface area contributed by atoms with Crippen LogP contribution in [0.25, 0.3) is 11.6 Å². The van der Waals surface area contributed by atoms with Crippen molar-refractivity contribution >= 4 is 34.0 Å². The molecule has 0 aliphatic rings. The van der Waals surface area contributed by atoms with Crippen molar-refractivity contribution in [3.8, 4) is 17.6 Å². The zero-order valence-corrected chi connectivity index (χ0v) is 18.1. The van der Waals surface area contributed by atoms with Gasteiger partial charge in [-0.05, 0) is 42.3 Å². The van der Waals surface area contributed by atoms with Gasteiger partial charge in [0, 0.05) is 5.56 Å². The lowest BCUT2D eigenvalue weighted by atomic mass is 10.1. The Balaban J connectivity index is 1.76. The molecule has 0 radical (unpaired) electrons. The number of allylic oxidation sites excluding steroid dienone is 1. The van der Waals surface area contributed by atoms with Gasteiger partial charge in [-0.1, -0.05) is 48.9 Å². The number of hydrogen-bond donors (Lipinski definition) is 1. The van der Waals surface area contributed by atoms with Gasteiger partial charge in [0.05, 0.1) is 19.3 Å². The van der Waals surface area contributed by atoms with Crippen molar-refractivity contribution in [2.45, 2.75) is 19.8 Å². The lowest BCUT2D eigenvalue weighted by molar-refractivity contribution is 0.102.